The van der Waals surface area contributed by atoms with Crippen LogP contribution in [-0.4, -0.2) is 40.9 Å². The zero-order chi connectivity index (χ0) is 19.3. The van der Waals surface area contributed by atoms with Gasteiger partial charge < -0.3 is 15.0 Å². The van der Waals surface area contributed by atoms with Crippen LogP contribution >= 0.6 is 11.3 Å². The summed E-state index contributed by atoms with van der Waals surface area (Å²) in [5.74, 6) is 0.839. The lowest BCUT2D eigenvalue weighted by molar-refractivity contribution is -0.125. The maximum Gasteiger partial charge on any atom is 0.225 e. The number of piperidine rings is 1. The van der Waals surface area contributed by atoms with Crippen molar-refractivity contribution >= 4 is 22.4 Å². The molecule has 8 heteroatoms. The Hall–Kier alpha value is -2.87. The smallest absolute Gasteiger partial charge is 0.225 e. The fourth-order valence-electron chi connectivity index (χ4n) is 3.38. The summed E-state index contributed by atoms with van der Waals surface area (Å²) in [5, 5.41) is 13.4. The largest absolute Gasteiger partial charge is 0.497 e. The van der Waals surface area contributed by atoms with Gasteiger partial charge in [0, 0.05) is 32.0 Å². The molecule has 1 N–H and O–H groups in total. The molecule has 2 aromatic heterocycles. The van der Waals surface area contributed by atoms with Gasteiger partial charge in [-0.1, -0.05) is 23.5 Å². The molecule has 1 aliphatic heterocycles. The molecular formula is C20H23N5O2S. The topological polar surface area (TPSA) is 72.3 Å². The van der Waals surface area contributed by atoms with Gasteiger partial charge in [0.25, 0.3) is 0 Å². The number of ether oxygens (including phenoxy) is 1. The predicted octanol–water partition coefficient (Wildman–Crippen LogP) is 2.87. The van der Waals surface area contributed by atoms with Crippen LogP contribution in [0.2, 0.25) is 0 Å². The lowest BCUT2D eigenvalue weighted by Crippen LogP contribution is -2.43. The third-order valence-corrected chi connectivity index (χ3v) is 5.89. The number of amides is 1. The molecule has 28 heavy (non-hydrogen) atoms. The van der Waals surface area contributed by atoms with Gasteiger partial charge >= 0.3 is 0 Å². The molecule has 1 saturated heterocycles. The summed E-state index contributed by atoms with van der Waals surface area (Å²) in [6, 6.07) is 11.7. The third-order valence-electron chi connectivity index (χ3n) is 4.89. The van der Waals surface area contributed by atoms with E-state index in [-0.39, 0.29) is 11.8 Å². The summed E-state index contributed by atoms with van der Waals surface area (Å²) in [6.45, 7) is 2.08. The molecule has 0 saturated carbocycles. The Balaban J connectivity index is 1.36. The Morgan fingerprint density at radius 1 is 1.25 bits per heavy atom. The highest BCUT2D eigenvalue weighted by molar-refractivity contribution is 7.17. The van der Waals surface area contributed by atoms with E-state index in [9.17, 15) is 4.79 Å². The summed E-state index contributed by atoms with van der Waals surface area (Å²) < 4.78 is 7.18. The molecule has 4 rings (SSSR count). The lowest BCUT2D eigenvalue weighted by atomic mass is 9.97. The summed E-state index contributed by atoms with van der Waals surface area (Å²) in [4.78, 5) is 14.9. The highest BCUT2D eigenvalue weighted by atomic mass is 32.1. The summed E-state index contributed by atoms with van der Waals surface area (Å²) in [6.07, 6.45) is 5.77. The van der Waals surface area contributed by atoms with E-state index in [1.165, 1.54) is 0 Å². The summed E-state index contributed by atoms with van der Waals surface area (Å²) >= 11 is 1.55. The van der Waals surface area contributed by atoms with E-state index >= 15 is 0 Å². The third kappa shape index (κ3) is 4.17. The van der Waals surface area contributed by atoms with Gasteiger partial charge in [-0.05, 0) is 42.7 Å². The van der Waals surface area contributed by atoms with Crippen LogP contribution in [0.1, 0.15) is 18.4 Å². The number of hydrogen-bond donors (Lipinski definition) is 1. The first-order valence-corrected chi connectivity index (χ1v) is 10.2. The van der Waals surface area contributed by atoms with E-state index in [4.69, 9.17) is 4.74 Å². The number of anilines is 1. The molecule has 0 spiro atoms. The SMILES string of the molecule is COc1cccc(CNC(=O)C2CCCN(c3nnc(-n4cccc4)s3)C2)c1. The molecule has 1 amide bonds. The molecule has 1 aromatic carbocycles. The second-order valence-corrected chi connectivity index (χ2v) is 7.75. The average molecular weight is 398 g/mol. The van der Waals surface area contributed by atoms with Gasteiger partial charge in [0.2, 0.25) is 16.2 Å². The van der Waals surface area contributed by atoms with Gasteiger partial charge in [0.1, 0.15) is 5.75 Å². The first kappa shape index (κ1) is 18.5. The van der Waals surface area contributed by atoms with Gasteiger partial charge in [-0.25, -0.2) is 0 Å². The molecule has 0 radical (unpaired) electrons. The number of nitrogens with one attached hydrogen (secondary N) is 1. The quantitative estimate of drug-likeness (QED) is 0.692. The van der Waals surface area contributed by atoms with Crippen LogP contribution in [0.3, 0.4) is 0 Å². The fourth-order valence-corrected chi connectivity index (χ4v) is 4.23. The maximum absolute atomic E-state index is 12.7. The van der Waals surface area contributed by atoms with Crippen molar-refractivity contribution in [1.29, 1.82) is 0 Å². The van der Waals surface area contributed by atoms with Crippen LogP contribution in [0.4, 0.5) is 5.13 Å². The van der Waals surface area contributed by atoms with Crippen LogP contribution in [0.5, 0.6) is 5.75 Å². The first-order chi connectivity index (χ1) is 13.7. The number of benzene rings is 1. The van der Waals surface area contributed by atoms with Crippen LogP contribution < -0.4 is 15.0 Å². The molecule has 1 unspecified atom stereocenters. The number of carbonyl (C=O) groups excluding carboxylic acids is 1. The van der Waals surface area contributed by atoms with Crippen molar-refractivity contribution in [3.63, 3.8) is 0 Å². The van der Waals surface area contributed by atoms with Gasteiger partial charge in [-0.15, -0.1) is 10.2 Å². The van der Waals surface area contributed by atoms with E-state index in [2.05, 4.69) is 20.4 Å². The molecule has 1 aliphatic rings. The number of rotatable bonds is 6. The minimum absolute atomic E-state index is 0.0433. The van der Waals surface area contributed by atoms with Crippen molar-refractivity contribution in [2.45, 2.75) is 19.4 Å². The predicted molar refractivity (Wildman–Crippen MR) is 109 cm³/mol. The summed E-state index contributed by atoms with van der Waals surface area (Å²) in [7, 11) is 1.64. The highest BCUT2D eigenvalue weighted by Gasteiger charge is 2.27. The molecule has 146 valence electrons. The normalized spacial score (nSPS) is 16.8. The van der Waals surface area contributed by atoms with Crippen LogP contribution in [0.25, 0.3) is 5.13 Å². The lowest BCUT2D eigenvalue weighted by Gasteiger charge is -2.31. The van der Waals surface area contributed by atoms with Gasteiger partial charge in [0.15, 0.2) is 0 Å². The molecule has 7 nitrogen and oxygen atoms in total. The fraction of sp³-hybridized carbons (Fsp3) is 0.350. The second kappa shape index (κ2) is 8.43. The average Bonchev–Trinajstić information content (AvgIpc) is 3.44. The number of nitrogens with zero attached hydrogens (tertiary/aromatic N) is 4. The summed E-state index contributed by atoms with van der Waals surface area (Å²) in [5.41, 5.74) is 1.03. The molecule has 3 aromatic rings. The minimum atomic E-state index is -0.0433. The van der Waals surface area contributed by atoms with E-state index in [0.29, 0.717) is 13.1 Å². The number of methoxy groups -OCH3 is 1. The Morgan fingerprint density at radius 2 is 2.07 bits per heavy atom. The van der Waals surface area contributed by atoms with Crippen molar-refractivity contribution in [2.75, 3.05) is 25.1 Å². The van der Waals surface area contributed by atoms with Crippen molar-refractivity contribution in [1.82, 2.24) is 20.1 Å². The minimum Gasteiger partial charge on any atom is -0.497 e. The van der Waals surface area contributed by atoms with Gasteiger partial charge in [0.05, 0.1) is 13.0 Å². The maximum atomic E-state index is 12.7. The van der Waals surface area contributed by atoms with Crippen molar-refractivity contribution in [3.8, 4) is 10.9 Å². The zero-order valence-corrected chi connectivity index (χ0v) is 16.6. The molecule has 0 bridgehead atoms. The second-order valence-electron chi connectivity index (χ2n) is 6.81. The monoisotopic (exact) mass is 397 g/mol. The van der Waals surface area contributed by atoms with Gasteiger partial charge in [-0.2, -0.15) is 0 Å². The Kier molecular flexibility index (Phi) is 5.57. The number of carbonyl (C=O) groups is 1. The zero-order valence-electron chi connectivity index (χ0n) is 15.7. The number of aromatic nitrogens is 3. The van der Waals surface area contributed by atoms with Crippen LogP contribution in [0.15, 0.2) is 48.8 Å². The van der Waals surface area contributed by atoms with Crippen molar-refractivity contribution < 1.29 is 9.53 Å². The molecule has 1 atom stereocenters. The van der Waals surface area contributed by atoms with E-state index in [1.807, 2.05) is 53.4 Å². The molecule has 0 aliphatic carbocycles. The van der Waals surface area contributed by atoms with Gasteiger partial charge in [-0.3, -0.25) is 9.36 Å². The van der Waals surface area contributed by atoms with Crippen LogP contribution in [-0.2, 0) is 11.3 Å². The Bertz CT molecular complexity index is 924. The van der Waals surface area contributed by atoms with Crippen LogP contribution in [0, 0.1) is 5.92 Å². The standard InChI is InChI=1S/C20H23N5O2S/c1-27-17-8-4-6-15(12-17)13-21-18(26)16-7-5-11-25(14-16)20-23-22-19(28-20)24-9-2-3-10-24/h2-4,6,8-10,12,16H,5,7,11,13-14H2,1H3,(H,21,26). The van der Waals surface area contributed by atoms with Crippen molar-refractivity contribution in [3.05, 3.63) is 54.4 Å². The molecule has 3 heterocycles. The Morgan fingerprint density at radius 3 is 2.89 bits per heavy atom. The van der Waals surface area contributed by atoms with E-state index in [0.717, 1.165) is 41.0 Å². The van der Waals surface area contributed by atoms with E-state index in [1.54, 1.807) is 18.4 Å². The first-order valence-electron chi connectivity index (χ1n) is 9.35. The molecule has 1 fully saturated rings. The molecular weight excluding hydrogens is 374 g/mol. The number of hydrogen-bond acceptors (Lipinski definition) is 6. The van der Waals surface area contributed by atoms with E-state index < -0.39 is 0 Å². The van der Waals surface area contributed by atoms with Crippen molar-refractivity contribution in [2.24, 2.45) is 5.92 Å². The Labute approximate surface area is 168 Å². The highest BCUT2D eigenvalue weighted by Crippen LogP contribution is 2.28.